The minimum Gasteiger partial charge on any atom is -0.311 e. The van der Waals surface area contributed by atoms with Gasteiger partial charge in [-0.3, -0.25) is 0 Å². The summed E-state index contributed by atoms with van der Waals surface area (Å²) < 4.78 is 7.70. The molecule has 2 aliphatic rings. The van der Waals surface area contributed by atoms with Crippen molar-refractivity contribution in [1.29, 1.82) is 0 Å². The lowest BCUT2D eigenvalue weighted by Gasteiger charge is -2.45. The number of para-hydroxylation sites is 4. The smallest absolute Gasteiger partial charge is 0.252 e. The number of anilines is 6. The van der Waals surface area contributed by atoms with Gasteiger partial charge in [0, 0.05) is 85.0 Å². The minimum absolute atomic E-state index is 0.126. The molecule has 3 aromatic heterocycles. The van der Waals surface area contributed by atoms with E-state index >= 15 is 0 Å². The lowest BCUT2D eigenvalue weighted by Crippen LogP contribution is -2.61. The molecule has 0 bridgehead atoms. The Kier molecular flexibility index (Phi) is 10.5. The number of aromatic nitrogens is 1. The molecule has 0 fully saturated rings. The van der Waals surface area contributed by atoms with Crippen LogP contribution in [0.1, 0.15) is 0 Å². The molecule has 0 spiro atoms. The van der Waals surface area contributed by atoms with Gasteiger partial charge in [0.05, 0.1) is 28.1 Å². The van der Waals surface area contributed by atoms with Crippen molar-refractivity contribution in [2.24, 2.45) is 0 Å². The molecule has 16 aromatic rings. The topological polar surface area (TPSA) is 11.4 Å². The molecule has 0 unspecified atom stereocenters. The third kappa shape index (κ3) is 7.18. The van der Waals surface area contributed by atoms with Crippen molar-refractivity contribution < 1.29 is 0 Å². The van der Waals surface area contributed by atoms with E-state index in [0.29, 0.717) is 0 Å². The first-order chi connectivity index (χ1) is 41.7. The van der Waals surface area contributed by atoms with Gasteiger partial charge in [0.2, 0.25) is 0 Å². The monoisotopic (exact) mass is 1100 g/mol. The van der Waals surface area contributed by atoms with Gasteiger partial charge in [-0.05, 0) is 123 Å². The zero-order valence-corrected chi connectivity index (χ0v) is 47.1. The predicted octanol–water partition coefficient (Wildman–Crippen LogP) is 20.3. The maximum absolute atomic E-state index is 2.64. The van der Waals surface area contributed by atoms with Crippen molar-refractivity contribution in [2.45, 2.75) is 0 Å². The average Bonchev–Trinajstić information content (AvgIpc) is 1.04. The van der Waals surface area contributed by atoms with Crippen LogP contribution in [0.4, 0.5) is 34.1 Å². The number of thiophene rings is 2. The standard InChI is InChI=1S/C78H48BN3S2/c1-3-19-49(20-4-1)51-35-39-53(40-36-51)56-23-7-13-29-66(56)81-70-45-62-60-27-11-17-33-74(60)83-76(62)47-64(70)79-65-48-77-63(61-28-12-18-34-75(61)84-77)46-71(65)82(67-30-14-8-24-57(67)54-41-37-52(38-42-54)50-21-5-2-6-22-50)73-44-55(43-72(81)78(73)79)80-68-31-15-9-25-58(68)59-26-10-16-32-69(59)80/h1-48H. The molecule has 2 aliphatic heterocycles. The van der Waals surface area contributed by atoms with E-state index in [9.17, 15) is 0 Å². The van der Waals surface area contributed by atoms with Crippen molar-refractivity contribution in [3.05, 3.63) is 291 Å². The second kappa shape index (κ2) is 18.6. The fraction of sp³-hybridized carbons (Fsp3) is 0. The highest BCUT2D eigenvalue weighted by Gasteiger charge is 2.45. The Balaban J connectivity index is 0.977. The number of hydrogen-bond donors (Lipinski definition) is 0. The molecule has 13 aromatic carbocycles. The van der Waals surface area contributed by atoms with E-state index < -0.39 is 0 Å². The van der Waals surface area contributed by atoms with Crippen LogP contribution in [0.5, 0.6) is 0 Å². The van der Waals surface area contributed by atoms with Gasteiger partial charge in [0.25, 0.3) is 6.71 Å². The first kappa shape index (κ1) is 47.4. The van der Waals surface area contributed by atoms with E-state index in [2.05, 4.69) is 306 Å². The fourth-order valence-corrected chi connectivity index (χ4v) is 16.3. The van der Waals surface area contributed by atoms with Crippen LogP contribution in [0, 0.1) is 0 Å². The van der Waals surface area contributed by atoms with Crippen LogP contribution in [0.15, 0.2) is 291 Å². The molecule has 6 heteroatoms. The van der Waals surface area contributed by atoms with Crippen molar-refractivity contribution in [3.8, 4) is 50.2 Å². The molecule has 0 N–H and O–H groups in total. The molecular formula is C78H48BN3S2. The van der Waals surface area contributed by atoms with Crippen molar-refractivity contribution in [3.63, 3.8) is 0 Å². The van der Waals surface area contributed by atoms with Crippen LogP contribution in [0.25, 0.3) is 112 Å². The third-order valence-electron chi connectivity index (χ3n) is 17.8. The van der Waals surface area contributed by atoms with E-state index in [4.69, 9.17) is 0 Å². The van der Waals surface area contributed by atoms with Gasteiger partial charge in [-0.15, -0.1) is 22.7 Å². The largest absolute Gasteiger partial charge is 0.311 e. The molecule has 5 heterocycles. The van der Waals surface area contributed by atoms with Crippen LogP contribution in [0.3, 0.4) is 0 Å². The molecule has 3 nitrogen and oxygen atoms in total. The van der Waals surface area contributed by atoms with Gasteiger partial charge in [-0.25, -0.2) is 0 Å². The lowest BCUT2D eigenvalue weighted by molar-refractivity contribution is 1.16. The number of hydrogen-bond acceptors (Lipinski definition) is 4. The maximum atomic E-state index is 2.64. The van der Waals surface area contributed by atoms with E-state index in [0.717, 1.165) is 50.7 Å². The summed E-state index contributed by atoms with van der Waals surface area (Å²) in [6, 6.07) is 109. The molecule has 0 saturated carbocycles. The van der Waals surface area contributed by atoms with Crippen LogP contribution in [-0.2, 0) is 0 Å². The average molecular weight is 1100 g/mol. The number of fused-ring (bicyclic) bond motifs is 13. The second-order valence-corrected chi connectivity index (χ2v) is 24.5. The summed E-state index contributed by atoms with van der Waals surface area (Å²) in [5.41, 5.74) is 23.7. The Morgan fingerprint density at radius 1 is 0.250 bits per heavy atom. The van der Waals surface area contributed by atoms with Crippen LogP contribution < -0.4 is 26.2 Å². The SMILES string of the molecule is c1ccc(-c2ccc(-c3ccccc3N3c4cc5c(cc4B4c6cc7sc8ccccc8c7cc6N(c6ccccc6-c6ccc(-c7ccccc7)cc6)c6cc(-n7c8ccccc8c8ccccc87)cc3c64)sc3ccccc35)cc2)cc1. The summed E-state index contributed by atoms with van der Waals surface area (Å²) in [4.78, 5) is 5.29. The highest BCUT2D eigenvalue weighted by molar-refractivity contribution is 7.26. The van der Waals surface area contributed by atoms with E-state index in [-0.39, 0.29) is 6.71 Å². The molecule has 0 saturated heterocycles. The molecule has 84 heavy (non-hydrogen) atoms. The highest BCUT2D eigenvalue weighted by Crippen LogP contribution is 2.52. The second-order valence-electron chi connectivity index (χ2n) is 22.3. The number of benzene rings is 13. The van der Waals surface area contributed by atoms with Crippen LogP contribution in [-0.4, -0.2) is 11.3 Å². The molecule has 18 rings (SSSR count). The third-order valence-corrected chi connectivity index (χ3v) is 20.0. The first-order valence-corrected chi connectivity index (χ1v) is 30.5. The Morgan fingerprint density at radius 3 is 1.08 bits per heavy atom. The number of rotatable bonds is 7. The van der Waals surface area contributed by atoms with Gasteiger partial charge < -0.3 is 14.4 Å². The summed E-state index contributed by atoms with van der Waals surface area (Å²) in [5, 5.41) is 7.58. The van der Waals surface area contributed by atoms with Gasteiger partial charge in [-0.1, -0.05) is 218 Å². The maximum Gasteiger partial charge on any atom is 0.252 e. The van der Waals surface area contributed by atoms with E-state index in [1.807, 2.05) is 22.7 Å². The normalized spacial score (nSPS) is 12.7. The summed E-state index contributed by atoms with van der Waals surface area (Å²) in [7, 11) is 0. The Bertz CT molecular complexity index is 5000. The molecule has 0 atom stereocenters. The molecule has 0 radical (unpaired) electrons. The van der Waals surface area contributed by atoms with Crippen LogP contribution in [0.2, 0.25) is 0 Å². The Morgan fingerprint density at radius 2 is 0.619 bits per heavy atom. The summed E-state index contributed by atoms with van der Waals surface area (Å²) in [5.74, 6) is 0. The van der Waals surface area contributed by atoms with Crippen molar-refractivity contribution in [1.82, 2.24) is 4.57 Å². The van der Waals surface area contributed by atoms with Gasteiger partial charge >= 0.3 is 0 Å². The fourth-order valence-electron chi connectivity index (χ4n) is 14.0. The molecular weight excluding hydrogens is 1050 g/mol. The van der Waals surface area contributed by atoms with E-state index in [1.165, 1.54) is 112 Å². The summed E-state index contributed by atoms with van der Waals surface area (Å²) in [6.07, 6.45) is 0. The zero-order valence-electron chi connectivity index (χ0n) is 45.4. The summed E-state index contributed by atoms with van der Waals surface area (Å²) in [6.45, 7) is -0.126. The zero-order chi connectivity index (χ0) is 55.0. The van der Waals surface area contributed by atoms with Gasteiger partial charge in [0.1, 0.15) is 0 Å². The Labute approximate surface area is 494 Å². The highest BCUT2D eigenvalue weighted by atomic mass is 32.1. The minimum atomic E-state index is -0.126. The molecule has 0 amide bonds. The molecule has 390 valence electrons. The first-order valence-electron chi connectivity index (χ1n) is 28.8. The molecule has 0 aliphatic carbocycles. The number of nitrogens with zero attached hydrogens (tertiary/aromatic N) is 3. The van der Waals surface area contributed by atoms with Crippen LogP contribution >= 0.6 is 22.7 Å². The predicted molar refractivity (Wildman–Crippen MR) is 362 cm³/mol. The van der Waals surface area contributed by atoms with Gasteiger partial charge in [0.15, 0.2) is 0 Å². The quantitative estimate of drug-likeness (QED) is 0.147. The van der Waals surface area contributed by atoms with Gasteiger partial charge in [-0.2, -0.15) is 0 Å². The van der Waals surface area contributed by atoms with E-state index in [1.54, 1.807) is 0 Å². The van der Waals surface area contributed by atoms with Crippen molar-refractivity contribution in [2.75, 3.05) is 9.80 Å². The van der Waals surface area contributed by atoms with Crippen molar-refractivity contribution >= 4 is 142 Å². The lowest BCUT2D eigenvalue weighted by atomic mass is 9.33. The Hall–Kier alpha value is -10.2. The summed E-state index contributed by atoms with van der Waals surface area (Å²) >= 11 is 3.81.